The van der Waals surface area contributed by atoms with Crippen molar-refractivity contribution in [3.8, 4) is 28.4 Å². The minimum Gasteiger partial charge on any atom is -0.509 e. The van der Waals surface area contributed by atoms with Crippen molar-refractivity contribution in [3.05, 3.63) is 174 Å². The molecule has 0 saturated heterocycles. The van der Waals surface area contributed by atoms with Gasteiger partial charge in [-0.1, -0.05) is 173 Å². The molecule has 0 fully saturated rings. The summed E-state index contributed by atoms with van der Waals surface area (Å²) in [5.74, 6) is 2.07. The van der Waals surface area contributed by atoms with Gasteiger partial charge in [0.05, 0.1) is 0 Å². The van der Waals surface area contributed by atoms with E-state index in [0.29, 0.717) is 11.5 Å². The van der Waals surface area contributed by atoms with Crippen LogP contribution in [0, 0.1) is 18.8 Å². The molecule has 1 aliphatic heterocycles. The predicted molar refractivity (Wildman–Crippen MR) is 302 cm³/mol. The Labute approximate surface area is 446 Å². The molecular formula is C66H75N4OPt-3. The number of hydrogen-bond acceptors (Lipinski definition) is 4. The van der Waals surface area contributed by atoms with Gasteiger partial charge in [-0.2, -0.15) is 12.1 Å². The molecular weight excluding hydrogens is 1060 g/mol. The summed E-state index contributed by atoms with van der Waals surface area (Å²) in [6.45, 7) is 43.4. The first-order valence-electron chi connectivity index (χ1n) is 25.5. The third-order valence-electron chi connectivity index (χ3n) is 14.2. The molecule has 6 aromatic carbocycles. The Morgan fingerprint density at radius 1 is 0.444 bits per heavy atom. The van der Waals surface area contributed by atoms with Crippen LogP contribution in [0.3, 0.4) is 0 Å². The summed E-state index contributed by atoms with van der Waals surface area (Å²) in [5.41, 5.74) is 16.2. The van der Waals surface area contributed by atoms with Crippen LogP contribution < -0.4 is 14.5 Å². The van der Waals surface area contributed by atoms with Crippen molar-refractivity contribution in [2.45, 2.75) is 157 Å². The maximum absolute atomic E-state index is 6.79. The van der Waals surface area contributed by atoms with E-state index in [1.54, 1.807) is 0 Å². The second-order valence-corrected chi connectivity index (χ2v) is 26.2. The number of fused-ring (bicyclic) bond motifs is 4. The van der Waals surface area contributed by atoms with Gasteiger partial charge >= 0.3 is 0 Å². The topological polar surface area (TPSA) is 33.5 Å². The molecule has 0 unspecified atom stereocenters. The maximum Gasteiger partial charge on any atom is 0.135 e. The van der Waals surface area contributed by atoms with Crippen LogP contribution in [-0.4, -0.2) is 9.55 Å². The zero-order valence-electron chi connectivity index (χ0n) is 46.1. The number of aromatic nitrogens is 2. The maximum atomic E-state index is 6.79. The molecule has 0 N–H and O–H groups in total. The molecule has 0 saturated carbocycles. The summed E-state index contributed by atoms with van der Waals surface area (Å²) in [7, 11) is 0. The van der Waals surface area contributed by atoms with Crippen molar-refractivity contribution in [2.24, 2.45) is 0 Å². The van der Waals surface area contributed by atoms with Gasteiger partial charge in [0, 0.05) is 61.3 Å². The predicted octanol–water partition coefficient (Wildman–Crippen LogP) is 18.4. The number of rotatable bonds is 6. The largest absolute Gasteiger partial charge is 0.509 e. The molecule has 1 aliphatic rings. The van der Waals surface area contributed by atoms with E-state index in [0.717, 1.165) is 45.0 Å². The molecule has 8 aromatic rings. The van der Waals surface area contributed by atoms with Gasteiger partial charge in [-0.15, -0.1) is 48.1 Å². The van der Waals surface area contributed by atoms with Gasteiger partial charge in [0.2, 0.25) is 0 Å². The molecule has 3 heterocycles. The van der Waals surface area contributed by atoms with Crippen molar-refractivity contribution in [3.63, 3.8) is 0 Å². The van der Waals surface area contributed by atoms with Gasteiger partial charge in [-0.25, -0.2) is 4.98 Å². The molecule has 72 heavy (non-hydrogen) atoms. The van der Waals surface area contributed by atoms with Crippen molar-refractivity contribution in [2.75, 3.05) is 9.80 Å². The van der Waals surface area contributed by atoms with Crippen molar-refractivity contribution < 1.29 is 25.8 Å². The average molecular weight is 1140 g/mol. The zero-order chi connectivity index (χ0) is 51.4. The molecule has 9 rings (SSSR count). The van der Waals surface area contributed by atoms with E-state index in [2.05, 4.69) is 261 Å². The van der Waals surface area contributed by atoms with Crippen LogP contribution in [-0.2, 0) is 53.6 Å². The van der Waals surface area contributed by atoms with E-state index in [1.165, 1.54) is 49.9 Å². The molecule has 0 amide bonds. The van der Waals surface area contributed by atoms with Gasteiger partial charge in [0.1, 0.15) is 5.82 Å². The Morgan fingerprint density at radius 3 is 1.60 bits per heavy atom. The number of pyridine rings is 1. The number of anilines is 4. The van der Waals surface area contributed by atoms with Gasteiger partial charge in [0.25, 0.3) is 0 Å². The fraction of sp³-hybridized carbons (Fsp3) is 0.364. The van der Waals surface area contributed by atoms with E-state index in [1.807, 2.05) is 18.3 Å². The second-order valence-electron chi connectivity index (χ2n) is 26.2. The Morgan fingerprint density at radius 2 is 0.986 bits per heavy atom. The smallest absolute Gasteiger partial charge is 0.135 e. The molecule has 5 nitrogen and oxygen atoms in total. The first kappa shape index (κ1) is 52.7. The Hall–Kier alpha value is -5.64. The second kappa shape index (κ2) is 18.4. The molecule has 6 heteroatoms. The fourth-order valence-corrected chi connectivity index (χ4v) is 9.48. The Balaban J connectivity index is 0.00000693. The molecule has 378 valence electrons. The first-order chi connectivity index (χ1) is 32.9. The summed E-state index contributed by atoms with van der Waals surface area (Å²) in [5, 5.41) is 2.27. The average Bonchev–Trinajstić information content (AvgIpc) is 3.82. The van der Waals surface area contributed by atoms with E-state index in [-0.39, 0.29) is 53.6 Å². The number of benzene rings is 6. The number of ether oxygens (including phenoxy) is 1. The van der Waals surface area contributed by atoms with E-state index >= 15 is 0 Å². The monoisotopic (exact) mass is 1130 g/mol. The van der Waals surface area contributed by atoms with Gasteiger partial charge in [-0.05, 0) is 125 Å². The quantitative estimate of drug-likeness (QED) is 0.155. The molecule has 0 radical (unpaired) electrons. The summed E-state index contributed by atoms with van der Waals surface area (Å²) in [6, 6.07) is 50.2. The normalized spacial score (nSPS) is 13.8. The van der Waals surface area contributed by atoms with Crippen LogP contribution >= 0.6 is 0 Å². The minimum atomic E-state index is -0.0895. The van der Waals surface area contributed by atoms with Crippen LogP contribution in [0.2, 0.25) is 0 Å². The Bertz CT molecular complexity index is 3300. The van der Waals surface area contributed by atoms with Gasteiger partial charge in [-0.3, -0.25) is 0 Å². The van der Waals surface area contributed by atoms with Crippen LogP contribution in [0.15, 0.2) is 121 Å². The van der Waals surface area contributed by atoms with Crippen LogP contribution in [0.1, 0.15) is 158 Å². The van der Waals surface area contributed by atoms with Crippen molar-refractivity contribution in [1.82, 2.24) is 9.55 Å². The van der Waals surface area contributed by atoms with Crippen LogP contribution in [0.5, 0.6) is 11.5 Å². The molecule has 0 atom stereocenters. The zero-order valence-corrected chi connectivity index (χ0v) is 48.4. The SMILES string of the molecule is CC(C)(C)c1cc(-c2cc(C(C)(C)C)cc(C(C)(C)C)c2)cc(N2[CH-]N(c3[c-]c(Oc4[c-]c5c(cc4)c4cc(C(C)(C)C)ccc4n5-c4cc(C(C)(C)C)ccn4)ccc3)c3cc(C(C)(C)C)ccc32)c1.[Pt]. The third-order valence-corrected chi connectivity index (χ3v) is 14.2. The Kier molecular flexibility index (Phi) is 13.4. The number of hydrogen-bond donors (Lipinski definition) is 0. The van der Waals surface area contributed by atoms with Crippen LogP contribution in [0.4, 0.5) is 22.7 Å². The standard InChI is InChI=1S/C66H75N4O.Pt/c1-61(2,3)44-22-26-56-55(36-44)54-25-24-53(40-58(54)70(56)60-38-46(28-29-67-60)63(7,8)9)71-52-21-19-20-50(39-52)68-41-69(57-27-23-45(37-59(57)68)62(4,5)6)51-33-43(32-49(35-51)66(16,17)18)42-30-47(64(10,11)12)34-48(31-42)65(13,14)15;/h19-38,41H,1-18H3;/q-3;. The van der Waals surface area contributed by atoms with E-state index < -0.39 is 0 Å². The first-order valence-corrected chi connectivity index (χ1v) is 25.5. The summed E-state index contributed by atoms with van der Waals surface area (Å²) < 4.78 is 9.03. The molecule has 0 spiro atoms. The summed E-state index contributed by atoms with van der Waals surface area (Å²) in [4.78, 5) is 9.57. The molecule has 0 bridgehead atoms. The third kappa shape index (κ3) is 10.4. The fourth-order valence-electron chi connectivity index (χ4n) is 9.48. The van der Waals surface area contributed by atoms with Gasteiger partial charge < -0.3 is 19.1 Å². The van der Waals surface area contributed by atoms with Gasteiger partial charge in [0.15, 0.2) is 0 Å². The van der Waals surface area contributed by atoms with Crippen LogP contribution in [0.25, 0.3) is 38.8 Å². The van der Waals surface area contributed by atoms with Crippen molar-refractivity contribution in [1.29, 1.82) is 0 Å². The summed E-state index contributed by atoms with van der Waals surface area (Å²) in [6.07, 6.45) is 1.92. The van der Waals surface area contributed by atoms with E-state index in [9.17, 15) is 0 Å². The molecule has 2 aromatic heterocycles. The van der Waals surface area contributed by atoms with Crippen molar-refractivity contribution >= 4 is 44.6 Å². The van der Waals surface area contributed by atoms with E-state index in [4.69, 9.17) is 9.72 Å². The molecule has 0 aliphatic carbocycles. The summed E-state index contributed by atoms with van der Waals surface area (Å²) >= 11 is 0. The minimum absolute atomic E-state index is 0. The number of nitrogens with zero attached hydrogens (tertiary/aromatic N) is 4.